The second-order valence-corrected chi connectivity index (χ2v) is 8.32. The van der Waals surface area contributed by atoms with E-state index in [9.17, 15) is 18.0 Å². The standard InChI is InChI=1S/C22H20N2O5S/c1-24(30(27,28)20-6-4-3-5-7-20)19-14-10-16(11-15-19)21(25)23-18-12-8-17(9-13-18)22(26)29-2/h3-15H,1-2H3,(H,23,25). The van der Waals surface area contributed by atoms with Crippen molar-refractivity contribution in [2.24, 2.45) is 0 Å². The summed E-state index contributed by atoms with van der Waals surface area (Å²) in [6.45, 7) is 0. The van der Waals surface area contributed by atoms with Crippen LogP contribution in [0.5, 0.6) is 0 Å². The van der Waals surface area contributed by atoms with Crippen LogP contribution >= 0.6 is 0 Å². The van der Waals surface area contributed by atoms with Gasteiger partial charge in [0.1, 0.15) is 0 Å². The number of anilines is 2. The Bertz CT molecular complexity index is 1140. The molecule has 0 heterocycles. The maximum absolute atomic E-state index is 12.7. The Morgan fingerprint density at radius 3 is 1.97 bits per heavy atom. The van der Waals surface area contributed by atoms with E-state index in [1.807, 2.05) is 0 Å². The Hall–Kier alpha value is -3.65. The van der Waals surface area contributed by atoms with Crippen LogP contribution in [0.1, 0.15) is 20.7 Å². The van der Waals surface area contributed by atoms with Gasteiger partial charge in [-0.05, 0) is 60.7 Å². The average molecular weight is 424 g/mol. The Morgan fingerprint density at radius 2 is 1.40 bits per heavy atom. The zero-order valence-corrected chi connectivity index (χ0v) is 17.2. The van der Waals surface area contributed by atoms with Crippen LogP contribution in [0.4, 0.5) is 11.4 Å². The smallest absolute Gasteiger partial charge is 0.337 e. The monoisotopic (exact) mass is 424 g/mol. The average Bonchev–Trinajstić information content (AvgIpc) is 2.79. The Balaban J connectivity index is 1.72. The minimum absolute atomic E-state index is 0.185. The van der Waals surface area contributed by atoms with E-state index < -0.39 is 16.0 Å². The molecule has 1 amide bonds. The van der Waals surface area contributed by atoms with Crippen LogP contribution in [-0.4, -0.2) is 34.5 Å². The van der Waals surface area contributed by atoms with Crippen molar-refractivity contribution in [2.75, 3.05) is 23.8 Å². The van der Waals surface area contributed by atoms with Gasteiger partial charge in [0, 0.05) is 18.3 Å². The molecule has 8 heteroatoms. The summed E-state index contributed by atoms with van der Waals surface area (Å²) in [7, 11) is -0.938. The third-order valence-electron chi connectivity index (χ3n) is 4.46. The number of hydrogen-bond donors (Lipinski definition) is 1. The fourth-order valence-electron chi connectivity index (χ4n) is 2.72. The maximum Gasteiger partial charge on any atom is 0.337 e. The number of methoxy groups -OCH3 is 1. The van der Waals surface area contributed by atoms with Gasteiger partial charge in [0.15, 0.2) is 0 Å². The molecule has 0 aliphatic carbocycles. The molecule has 3 rings (SSSR count). The van der Waals surface area contributed by atoms with E-state index >= 15 is 0 Å². The lowest BCUT2D eigenvalue weighted by Gasteiger charge is -2.19. The van der Waals surface area contributed by atoms with Crippen molar-refractivity contribution >= 4 is 33.3 Å². The molecule has 30 heavy (non-hydrogen) atoms. The van der Waals surface area contributed by atoms with Crippen LogP contribution < -0.4 is 9.62 Å². The highest BCUT2D eigenvalue weighted by atomic mass is 32.2. The highest BCUT2D eigenvalue weighted by molar-refractivity contribution is 7.92. The molecule has 154 valence electrons. The van der Waals surface area contributed by atoms with Gasteiger partial charge in [0.2, 0.25) is 0 Å². The molecule has 0 spiro atoms. The van der Waals surface area contributed by atoms with E-state index in [2.05, 4.69) is 10.1 Å². The second-order valence-electron chi connectivity index (χ2n) is 6.36. The molecular weight excluding hydrogens is 404 g/mol. The third-order valence-corrected chi connectivity index (χ3v) is 6.26. The van der Waals surface area contributed by atoms with E-state index in [0.717, 1.165) is 4.31 Å². The molecule has 0 aromatic heterocycles. The summed E-state index contributed by atoms with van der Waals surface area (Å²) in [4.78, 5) is 24.1. The van der Waals surface area contributed by atoms with Crippen molar-refractivity contribution in [1.82, 2.24) is 0 Å². The molecular formula is C22H20N2O5S. The molecule has 0 atom stereocenters. The van der Waals surface area contributed by atoms with Crippen molar-refractivity contribution in [3.63, 3.8) is 0 Å². The minimum atomic E-state index is -3.69. The summed E-state index contributed by atoms with van der Waals surface area (Å²) in [5, 5.41) is 2.72. The topological polar surface area (TPSA) is 92.8 Å². The van der Waals surface area contributed by atoms with E-state index in [0.29, 0.717) is 22.5 Å². The number of esters is 1. The molecule has 7 nitrogen and oxygen atoms in total. The maximum atomic E-state index is 12.7. The molecule has 3 aromatic carbocycles. The lowest BCUT2D eigenvalue weighted by atomic mass is 10.1. The number of rotatable bonds is 6. The number of sulfonamides is 1. The van der Waals surface area contributed by atoms with Gasteiger partial charge in [-0.25, -0.2) is 13.2 Å². The number of carbonyl (C=O) groups excluding carboxylic acids is 2. The number of amides is 1. The van der Waals surface area contributed by atoms with Crippen molar-refractivity contribution in [1.29, 1.82) is 0 Å². The Kier molecular flexibility index (Phi) is 6.17. The largest absolute Gasteiger partial charge is 0.465 e. The van der Waals surface area contributed by atoms with Crippen molar-refractivity contribution in [2.45, 2.75) is 4.90 Å². The molecule has 3 aromatic rings. The van der Waals surface area contributed by atoms with Gasteiger partial charge in [-0.1, -0.05) is 18.2 Å². The van der Waals surface area contributed by atoms with Crippen molar-refractivity contribution in [3.05, 3.63) is 90.0 Å². The third kappa shape index (κ3) is 4.49. The molecule has 0 bridgehead atoms. The summed E-state index contributed by atoms with van der Waals surface area (Å²) in [6.07, 6.45) is 0. The zero-order valence-electron chi connectivity index (χ0n) is 16.4. The van der Waals surface area contributed by atoms with E-state index in [4.69, 9.17) is 0 Å². The predicted octanol–water partition coefficient (Wildman–Crippen LogP) is 3.55. The number of hydrogen-bond acceptors (Lipinski definition) is 5. The molecule has 0 saturated carbocycles. The molecule has 0 unspecified atom stereocenters. The number of nitrogens with zero attached hydrogens (tertiary/aromatic N) is 1. The first-order chi connectivity index (χ1) is 14.3. The van der Waals surface area contributed by atoms with Gasteiger partial charge >= 0.3 is 5.97 Å². The molecule has 0 aliphatic rings. The Labute approximate surface area is 175 Å². The van der Waals surface area contributed by atoms with E-state index in [-0.39, 0.29) is 10.8 Å². The molecule has 0 fully saturated rings. The van der Waals surface area contributed by atoms with Gasteiger partial charge in [-0.3, -0.25) is 9.10 Å². The second kappa shape index (κ2) is 8.79. The zero-order chi connectivity index (χ0) is 21.7. The van der Waals surface area contributed by atoms with Crippen LogP contribution in [0.25, 0.3) is 0 Å². The van der Waals surface area contributed by atoms with Crippen LogP contribution in [0, 0.1) is 0 Å². The summed E-state index contributed by atoms with van der Waals surface area (Å²) >= 11 is 0. The lowest BCUT2D eigenvalue weighted by Crippen LogP contribution is -2.26. The lowest BCUT2D eigenvalue weighted by molar-refractivity contribution is 0.0600. The van der Waals surface area contributed by atoms with Gasteiger partial charge in [-0.15, -0.1) is 0 Å². The van der Waals surface area contributed by atoms with Crippen LogP contribution in [-0.2, 0) is 14.8 Å². The number of carbonyl (C=O) groups is 2. The molecule has 0 radical (unpaired) electrons. The normalized spacial score (nSPS) is 10.9. The highest BCUT2D eigenvalue weighted by Gasteiger charge is 2.21. The number of nitrogens with one attached hydrogen (secondary N) is 1. The highest BCUT2D eigenvalue weighted by Crippen LogP contribution is 2.22. The first kappa shape index (κ1) is 21.1. The quantitative estimate of drug-likeness (QED) is 0.611. The summed E-state index contributed by atoms with van der Waals surface area (Å²) in [5.41, 5.74) is 1.68. The van der Waals surface area contributed by atoms with Gasteiger partial charge < -0.3 is 10.1 Å². The molecule has 0 aliphatic heterocycles. The van der Waals surface area contributed by atoms with Gasteiger partial charge in [0.05, 0.1) is 23.3 Å². The summed E-state index contributed by atoms with van der Waals surface area (Å²) < 4.78 is 31.2. The van der Waals surface area contributed by atoms with Gasteiger partial charge in [-0.2, -0.15) is 0 Å². The number of benzene rings is 3. The van der Waals surface area contributed by atoms with Crippen molar-refractivity contribution in [3.8, 4) is 0 Å². The van der Waals surface area contributed by atoms with Crippen LogP contribution in [0.2, 0.25) is 0 Å². The number of ether oxygens (including phenoxy) is 1. The first-order valence-electron chi connectivity index (χ1n) is 8.96. The van der Waals surface area contributed by atoms with Gasteiger partial charge in [0.25, 0.3) is 15.9 Å². The fourth-order valence-corrected chi connectivity index (χ4v) is 3.94. The predicted molar refractivity (Wildman–Crippen MR) is 114 cm³/mol. The molecule has 0 saturated heterocycles. The van der Waals surface area contributed by atoms with Crippen molar-refractivity contribution < 1.29 is 22.7 Å². The minimum Gasteiger partial charge on any atom is -0.465 e. The summed E-state index contributed by atoms with van der Waals surface area (Å²) in [5.74, 6) is -0.820. The van der Waals surface area contributed by atoms with E-state index in [1.165, 1.54) is 26.3 Å². The summed E-state index contributed by atoms with van der Waals surface area (Å²) in [6, 6.07) is 20.6. The van der Waals surface area contributed by atoms with E-state index in [1.54, 1.807) is 66.7 Å². The van der Waals surface area contributed by atoms with Crippen LogP contribution in [0.3, 0.4) is 0 Å². The molecule has 1 N–H and O–H groups in total. The van der Waals surface area contributed by atoms with Crippen LogP contribution in [0.15, 0.2) is 83.8 Å². The first-order valence-corrected chi connectivity index (χ1v) is 10.4. The Morgan fingerprint density at radius 1 is 0.833 bits per heavy atom. The fraction of sp³-hybridized carbons (Fsp3) is 0.0909. The SMILES string of the molecule is COC(=O)c1ccc(NC(=O)c2ccc(N(C)S(=O)(=O)c3ccccc3)cc2)cc1.